The quantitative estimate of drug-likeness (QED) is 0.778. The summed E-state index contributed by atoms with van der Waals surface area (Å²) in [6, 6.07) is 0. The maximum absolute atomic E-state index is 11.0. The summed E-state index contributed by atoms with van der Waals surface area (Å²) in [6.45, 7) is 13.3. The van der Waals surface area contributed by atoms with E-state index in [0.717, 1.165) is 0 Å². The molecule has 0 aromatic heterocycles. The highest BCUT2D eigenvalue weighted by Gasteiger charge is 2.40. The molecule has 6 heteroatoms. The Morgan fingerprint density at radius 2 is 1.89 bits per heavy atom. The first-order valence-electron chi connectivity index (χ1n) is 6.90. The molecule has 0 aromatic rings. The summed E-state index contributed by atoms with van der Waals surface area (Å²) in [6.07, 6.45) is -0.853. The minimum Gasteiger partial charge on any atom is -0.465 e. The van der Waals surface area contributed by atoms with Gasteiger partial charge in [-0.1, -0.05) is 20.8 Å². The lowest BCUT2D eigenvalue weighted by atomic mass is 9.97. The second-order valence-corrected chi connectivity index (χ2v) is 11.8. The number of hydrogen-bond acceptors (Lipinski definition) is 3. The third kappa shape index (κ3) is 3.93. The van der Waals surface area contributed by atoms with Gasteiger partial charge in [-0.2, -0.15) is 0 Å². The molecule has 1 amide bonds. The average Bonchev–Trinajstić information content (AvgIpc) is 2.68. The number of rotatable bonds is 4. The third-order valence-electron chi connectivity index (χ3n) is 4.61. The molecule has 3 N–H and O–H groups in total. The van der Waals surface area contributed by atoms with Crippen molar-refractivity contribution in [3.05, 3.63) is 0 Å². The highest BCUT2D eigenvalue weighted by Crippen LogP contribution is 2.37. The second-order valence-electron chi connectivity index (χ2n) is 7.01. The first-order chi connectivity index (χ1) is 8.58. The van der Waals surface area contributed by atoms with Gasteiger partial charge in [0.2, 0.25) is 0 Å². The average molecular weight is 288 g/mol. The van der Waals surface area contributed by atoms with Gasteiger partial charge in [-0.3, -0.25) is 0 Å². The summed E-state index contributed by atoms with van der Waals surface area (Å²) in [5, 5.41) is 9.23. The summed E-state index contributed by atoms with van der Waals surface area (Å²) in [7, 11) is -1.77. The van der Waals surface area contributed by atoms with Gasteiger partial charge in [0.25, 0.3) is 0 Å². The molecule has 5 nitrogen and oxygen atoms in total. The normalized spacial score (nSPS) is 24.8. The predicted molar refractivity (Wildman–Crippen MR) is 78.8 cm³/mol. The number of carbonyl (C=O) groups is 1. The fourth-order valence-corrected chi connectivity index (χ4v) is 3.15. The molecule has 0 aromatic carbocycles. The summed E-state index contributed by atoms with van der Waals surface area (Å²) >= 11 is 0. The Kier molecular flexibility index (Phi) is 5.03. The molecule has 19 heavy (non-hydrogen) atoms. The van der Waals surface area contributed by atoms with Gasteiger partial charge in [0.15, 0.2) is 8.32 Å². The standard InChI is InChI=1S/C13H28N2O3Si/c1-13(2,3)19(4,5)18-9-11-8-15(12(16)17)7-10(11)6-14/h10-11H,6-9,14H2,1-5H3,(H,16,17). The lowest BCUT2D eigenvalue weighted by molar-refractivity contribution is 0.151. The van der Waals surface area contributed by atoms with E-state index in [-0.39, 0.29) is 16.9 Å². The van der Waals surface area contributed by atoms with Gasteiger partial charge in [-0.05, 0) is 30.6 Å². The molecule has 1 saturated heterocycles. The smallest absolute Gasteiger partial charge is 0.407 e. The van der Waals surface area contributed by atoms with Crippen molar-refractivity contribution >= 4 is 14.4 Å². The number of amides is 1. The Labute approximate surface area is 117 Å². The maximum atomic E-state index is 11.0. The van der Waals surface area contributed by atoms with E-state index in [1.165, 1.54) is 4.90 Å². The zero-order valence-electron chi connectivity index (χ0n) is 12.8. The van der Waals surface area contributed by atoms with Crippen LogP contribution < -0.4 is 5.73 Å². The fourth-order valence-electron chi connectivity index (χ4n) is 2.08. The SMILES string of the molecule is CC(C)(C)[Si](C)(C)OCC1CN(C(=O)O)CC1CN. The van der Waals surface area contributed by atoms with Crippen LogP contribution in [0.4, 0.5) is 4.79 Å². The molecule has 0 aliphatic carbocycles. The summed E-state index contributed by atoms with van der Waals surface area (Å²) in [5.41, 5.74) is 5.75. The highest BCUT2D eigenvalue weighted by atomic mass is 28.4. The Hall–Kier alpha value is -0.593. The van der Waals surface area contributed by atoms with E-state index in [0.29, 0.717) is 26.2 Å². The summed E-state index contributed by atoms with van der Waals surface area (Å²) < 4.78 is 6.20. The number of hydrogen-bond donors (Lipinski definition) is 2. The largest absolute Gasteiger partial charge is 0.465 e. The van der Waals surface area contributed by atoms with Crippen LogP contribution in [0.1, 0.15) is 20.8 Å². The predicted octanol–water partition coefficient (Wildman–Crippen LogP) is 2.19. The molecule has 1 rings (SSSR count). The number of carboxylic acid groups (broad SMARTS) is 1. The van der Waals surface area contributed by atoms with E-state index < -0.39 is 14.4 Å². The monoisotopic (exact) mass is 288 g/mol. The van der Waals surface area contributed by atoms with Crippen molar-refractivity contribution in [3.8, 4) is 0 Å². The lowest BCUT2D eigenvalue weighted by Crippen LogP contribution is -2.43. The van der Waals surface area contributed by atoms with Gasteiger partial charge < -0.3 is 20.2 Å². The van der Waals surface area contributed by atoms with Gasteiger partial charge >= 0.3 is 6.09 Å². The molecule has 1 heterocycles. The van der Waals surface area contributed by atoms with Crippen molar-refractivity contribution in [1.29, 1.82) is 0 Å². The Morgan fingerprint density at radius 1 is 1.37 bits per heavy atom. The lowest BCUT2D eigenvalue weighted by Gasteiger charge is -2.37. The number of nitrogens with two attached hydrogens (primary N) is 1. The van der Waals surface area contributed by atoms with Gasteiger partial charge in [0.05, 0.1) is 0 Å². The van der Waals surface area contributed by atoms with Gasteiger partial charge in [0, 0.05) is 25.6 Å². The highest BCUT2D eigenvalue weighted by molar-refractivity contribution is 6.74. The van der Waals surface area contributed by atoms with E-state index in [9.17, 15) is 4.79 Å². The summed E-state index contributed by atoms with van der Waals surface area (Å²) in [5.74, 6) is 0.455. The van der Waals surface area contributed by atoms with E-state index >= 15 is 0 Å². The van der Waals surface area contributed by atoms with E-state index in [1.807, 2.05) is 0 Å². The molecular formula is C13H28N2O3Si. The van der Waals surface area contributed by atoms with Gasteiger partial charge in [0.1, 0.15) is 0 Å². The molecule has 1 fully saturated rings. The molecule has 1 aliphatic rings. The van der Waals surface area contributed by atoms with E-state index in [2.05, 4.69) is 33.9 Å². The molecule has 1 aliphatic heterocycles. The minimum absolute atomic E-state index is 0.177. The molecule has 0 spiro atoms. The molecule has 0 bridgehead atoms. The summed E-state index contributed by atoms with van der Waals surface area (Å²) in [4.78, 5) is 12.5. The van der Waals surface area contributed by atoms with Crippen LogP contribution >= 0.6 is 0 Å². The van der Waals surface area contributed by atoms with Crippen LogP contribution in [0, 0.1) is 11.8 Å². The maximum Gasteiger partial charge on any atom is 0.407 e. The van der Waals surface area contributed by atoms with Crippen molar-refractivity contribution in [2.45, 2.75) is 38.9 Å². The van der Waals surface area contributed by atoms with E-state index in [1.54, 1.807) is 0 Å². The van der Waals surface area contributed by atoms with Crippen LogP contribution in [0.2, 0.25) is 18.1 Å². The van der Waals surface area contributed by atoms with Crippen LogP contribution in [0.3, 0.4) is 0 Å². The number of nitrogens with zero attached hydrogens (tertiary/aromatic N) is 1. The van der Waals surface area contributed by atoms with Crippen molar-refractivity contribution in [1.82, 2.24) is 4.90 Å². The zero-order valence-corrected chi connectivity index (χ0v) is 13.8. The van der Waals surface area contributed by atoms with Crippen LogP contribution in [-0.4, -0.2) is 50.7 Å². The topological polar surface area (TPSA) is 75.8 Å². The van der Waals surface area contributed by atoms with Gasteiger partial charge in [-0.25, -0.2) is 4.79 Å². The van der Waals surface area contributed by atoms with Crippen molar-refractivity contribution < 1.29 is 14.3 Å². The molecule has 2 atom stereocenters. The Bertz CT molecular complexity index is 328. The molecule has 0 radical (unpaired) electrons. The fraction of sp³-hybridized carbons (Fsp3) is 0.923. The molecule has 0 saturated carbocycles. The van der Waals surface area contributed by atoms with Crippen molar-refractivity contribution in [3.63, 3.8) is 0 Å². The zero-order chi connectivity index (χ0) is 14.8. The van der Waals surface area contributed by atoms with Crippen LogP contribution in [0.5, 0.6) is 0 Å². The van der Waals surface area contributed by atoms with Crippen LogP contribution in [0.25, 0.3) is 0 Å². The van der Waals surface area contributed by atoms with Gasteiger partial charge in [-0.15, -0.1) is 0 Å². The first-order valence-corrected chi connectivity index (χ1v) is 9.81. The van der Waals surface area contributed by atoms with Crippen molar-refractivity contribution in [2.75, 3.05) is 26.2 Å². The van der Waals surface area contributed by atoms with Crippen LogP contribution in [-0.2, 0) is 4.43 Å². The molecule has 2 unspecified atom stereocenters. The first kappa shape index (κ1) is 16.5. The molecule has 112 valence electrons. The Morgan fingerprint density at radius 3 is 2.32 bits per heavy atom. The molecular weight excluding hydrogens is 260 g/mol. The van der Waals surface area contributed by atoms with Crippen LogP contribution in [0.15, 0.2) is 0 Å². The van der Waals surface area contributed by atoms with Crippen molar-refractivity contribution in [2.24, 2.45) is 17.6 Å². The van der Waals surface area contributed by atoms with E-state index in [4.69, 9.17) is 15.3 Å². The number of likely N-dealkylation sites (tertiary alicyclic amines) is 1. The second kappa shape index (κ2) is 5.81. The minimum atomic E-state index is -1.77. The Balaban J connectivity index is 2.59. The third-order valence-corrected chi connectivity index (χ3v) is 9.11.